The third-order valence-corrected chi connectivity index (χ3v) is 7.29. The van der Waals surface area contributed by atoms with Crippen molar-refractivity contribution in [3.63, 3.8) is 0 Å². The van der Waals surface area contributed by atoms with E-state index in [-0.39, 0.29) is 29.0 Å². The fourth-order valence-electron chi connectivity index (χ4n) is 5.52. The minimum Gasteiger partial charge on any atom is -0.373 e. The van der Waals surface area contributed by atoms with E-state index in [0.717, 1.165) is 38.2 Å². The number of anilines is 2. The average molecular weight is 604 g/mol. The Morgan fingerprint density at radius 1 is 0.907 bits per heavy atom. The molecule has 0 unspecified atom stereocenters. The molecular formula is C31H31F6N5O. The van der Waals surface area contributed by atoms with E-state index in [4.69, 9.17) is 4.74 Å². The highest BCUT2D eigenvalue weighted by molar-refractivity contribution is 5.93. The van der Waals surface area contributed by atoms with Gasteiger partial charge in [-0.05, 0) is 81.8 Å². The minimum atomic E-state index is -4.60. The first-order chi connectivity index (χ1) is 20.3. The Labute approximate surface area is 245 Å². The predicted molar refractivity (Wildman–Crippen MR) is 152 cm³/mol. The fourth-order valence-corrected chi connectivity index (χ4v) is 5.52. The van der Waals surface area contributed by atoms with Gasteiger partial charge in [-0.1, -0.05) is 6.07 Å². The smallest absolute Gasteiger partial charge is 0.373 e. The molecule has 2 aromatic heterocycles. The van der Waals surface area contributed by atoms with Gasteiger partial charge in [-0.25, -0.2) is 9.97 Å². The lowest BCUT2D eigenvalue weighted by Crippen LogP contribution is -2.45. The molecule has 1 fully saturated rings. The molecular weight excluding hydrogens is 572 g/mol. The summed E-state index contributed by atoms with van der Waals surface area (Å²) in [6.07, 6.45) is -6.33. The van der Waals surface area contributed by atoms with Gasteiger partial charge < -0.3 is 10.1 Å². The summed E-state index contributed by atoms with van der Waals surface area (Å²) in [5, 5.41) is 3.62. The number of hydrogen-bond donors (Lipinski definition) is 1. The summed E-state index contributed by atoms with van der Waals surface area (Å²) in [6, 6.07) is 10.6. The van der Waals surface area contributed by atoms with Crippen LogP contribution >= 0.6 is 0 Å². The van der Waals surface area contributed by atoms with Gasteiger partial charge in [0.05, 0.1) is 34.5 Å². The van der Waals surface area contributed by atoms with Crippen molar-refractivity contribution < 1.29 is 31.1 Å². The Morgan fingerprint density at radius 2 is 1.63 bits per heavy atom. The van der Waals surface area contributed by atoms with E-state index in [0.29, 0.717) is 34.7 Å². The molecule has 0 amide bonds. The standard InChI is InChI=1S/C31H31F6N5O/c1-18-14-22(9-11-24(18)30(32,33)34)39-29-23-10-8-21(28-25(31(35,36)37)6-4-12-38-28)15-26(23)40-27(41-29)7-5-13-42-16-19(2)43-20(3)17-42/h4,6,8-12,14-15,19-20H,5,7,13,16-17H2,1-3H3,(H,39,40,41)/t19-,20+. The van der Waals surface area contributed by atoms with Gasteiger partial charge in [0.25, 0.3) is 0 Å². The van der Waals surface area contributed by atoms with Crippen LogP contribution in [0.25, 0.3) is 22.2 Å². The first-order valence-corrected chi connectivity index (χ1v) is 13.9. The van der Waals surface area contributed by atoms with Gasteiger partial charge in [0, 0.05) is 42.3 Å². The maximum atomic E-state index is 13.7. The van der Waals surface area contributed by atoms with Gasteiger partial charge in [0.15, 0.2) is 0 Å². The molecule has 0 radical (unpaired) electrons. The number of nitrogens with one attached hydrogen (secondary N) is 1. The van der Waals surface area contributed by atoms with Crippen molar-refractivity contribution in [2.75, 3.05) is 25.0 Å². The highest BCUT2D eigenvalue weighted by Crippen LogP contribution is 2.38. The first kappa shape index (κ1) is 30.7. The lowest BCUT2D eigenvalue weighted by molar-refractivity contribution is -0.138. The number of hydrogen-bond acceptors (Lipinski definition) is 6. The van der Waals surface area contributed by atoms with Crippen molar-refractivity contribution in [3.05, 3.63) is 77.2 Å². The number of rotatable bonds is 7. The molecule has 228 valence electrons. The number of benzene rings is 2. The summed E-state index contributed by atoms with van der Waals surface area (Å²) in [7, 11) is 0. The number of morpholine rings is 1. The summed E-state index contributed by atoms with van der Waals surface area (Å²) in [5.74, 6) is 0.804. The molecule has 2 aromatic carbocycles. The van der Waals surface area contributed by atoms with Crippen molar-refractivity contribution >= 4 is 22.4 Å². The number of nitrogens with zero attached hydrogens (tertiary/aromatic N) is 4. The van der Waals surface area contributed by atoms with Gasteiger partial charge in [0.2, 0.25) is 0 Å². The molecule has 0 spiro atoms. The highest BCUT2D eigenvalue weighted by atomic mass is 19.4. The molecule has 2 atom stereocenters. The highest BCUT2D eigenvalue weighted by Gasteiger charge is 2.34. The van der Waals surface area contributed by atoms with Gasteiger partial charge in [-0.3, -0.25) is 9.88 Å². The molecule has 5 rings (SSSR count). The normalized spacial score (nSPS) is 18.3. The van der Waals surface area contributed by atoms with Crippen LogP contribution in [0.3, 0.4) is 0 Å². The summed E-state index contributed by atoms with van der Waals surface area (Å²) in [5.41, 5.74) is -0.767. The predicted octanol–water partition coefficient (Wildman–Crippen LogP) is 7.82. The zero-order valence-electron chi connectivity index (χ0n) is 23.9. The zero-order valence-corrected chi connectivity index (χ0v) is 23.9. The second kappa shape index (κ2) is 12.1. The number of ether oxygens (including phenoxy) is 1. The summed E-state index contributed by atoms with van der Waals surface area (Å²) >= 11 is 0. The van der Waals surface area contributed by atoms with Gasteiger partial charge in [-0.2, -0.15) is 26.3 Å². The van der Waals surface area contributed by atoms with Crippen LogP contribution < -0.4 is 5.32 Å². The number of pyridine rings is 1. The van der Waals surface area contributed by atoms with Gasteiger partial charge in [-0.15, -0.1) is 0 Å². The van der Waals surface area contributed by atoms with E-state index in [1.54, 1.807) is 6.07 Å². The second-order valence-corrected chi connectivity index (χ2v) is 10.9. The number of aromatic nitrogens is 3. The van der Waals surface area contributed by atoms with E-state index in [9.17, 15) is 26.3 Å². The number of halogens is 6. The summed E-state index contributed by atoms with van der Waals surface area (Å²) < 4.78 is 87.0. The van der Waals surface area contributed by atoms with Crippen LogP contribution in [0.5, 0.6) is 0 Å². The molecule has 3 heterocycles. The maximum Gasteiger partial charge on any atom is 0.418 e. The monoisotopic (exact) mass is 603 g/mol. The van der Waals surface area contributed by atoms with Crippen molar-refractivity contribution in [1.29, 1.82) is 0 Å². The van der Waals surface area contributed by atoms with Crippen molar-refractivity contribution in [3.8, 4) is 11.3 Å². The molecule has 1 aliphatic heterocycles. The maximum absolute atomic E-state index is 13.7. The molecule has 0 saturated carbocycles. The lowest BCUT2D eigenvalue weighted by Gasteiger charge is -2.35. The molecule has 12 heteroatoms. The van der Waals surface area contributed by atoms with E-state index in [1.165, 1.54) is 43.5 Å². The zero-order chi connectivity index (χ0) is 30.9. The Kier molecular flexibility index (Phi) is 8.62. The van der Waals surface area contributed by atoms with Crippen molar-refractivity contribution in [1.82, 2.24) is 19.9 Å². The number of aryl methyl sites for hydroxylation is 2. The SMILES string of the molecule is Cc1cc(Nc2nc(CCCN3C[C@@H](C)O[C@@H](C)C3)nc3cc(-c4ncccc4C(F)(F)F)ccc23)ccc1C(F)(F)F. The molecule has 4 aromatic rings. The summed E-state index contributed by atoms with van der Waals surface area (Å²) in [4.78, 5) is 15.7. The first-order valence-electron chi connectivity index (χ1n) is 13.9. The molecule has 0 aliphatic carbocycles. The quantitative estimate of drug-likeness (QED) is 0.217. The van der Waals surface area contributed by atoms with Crippen LogP contribution in [0.4, 0.5) is 37.8 Å². The average Bonchev–Trinajstić information content (AvgIpc) is 2.91. The van der Waals surface area contributed by atoms with Gasteiger partial charge in [0.1, 0.15) is 11.6 Å². The Balaban J connectivity index is 1.50. The van der Waals surface area contributed by atoms with Crippen LogP contribution in [0, 0.1) is 6.92 Å². The third-order valence-electron chi connectivity index (χ3n) is 7.29. The van der Waals surface area contributed by atoms with Crippen LogP contribution in [0.1, 0.15) is 42.8 Å². The Morgan fingerprint density at radius 3 is 2.30 bits per heavy atom. The van der Waals surface area contributed by atoms with Crippen molar-refractivity contribution in [2.24, 2.45) is 0 Å². The molecule has 43 heavy (non-hydrogen) atoms. The number of fused-ring (bicyclic) bond motifs is 1. The largest absolute Gasteiger partial charge is 0.418 e. The van der Waals surface area contributed by atoms with Crippen LogP contribution in [0.15, 0.2) is 54.7 Å². The molecule has 6 nitrogen and oxygen atoms in total. The van der Waals surface area contributed by atoms with E-state index in [1.807, 2.05) is 13.8 Å². The molecule has 1 aliphatic rings. The van der Waals surface area contributed by atoms with E-state index >= 15 is 0 Å². The Hall–Kier alpha value is -3.77. The van der Waals surface area contributed by atoms with Crippen LogP contribution in [0.2, 0.25) is 0 Å². The topological polar surface area (TPSA) is 63.2 Å². The van der Waals surface area contributed by atoms with Crippen LogP contribution in [-0.4, -0.2) is 51.7 Å². The number of alkyl halides is 6. The third kappa shape index (κ3) is 7.24. The van der Waals surface area contributed by atoms with Crippen molar-refractivity contribution in [2.45, 2.75) is 58.2 Å². The minimum absolute atomic E-state index is 0.0437. The van der Waals surface area contributed by atoms with E-state index < -0.39 is 23.5 Å². The van der Waals surface area contributed by atoms with Crippen LogP contribution in [-0.2, 0) is 23.5 Å². The molecule has 1 N–H and O–H groups in total. The second-order valence-electron chi connectivity index (χ2n) is 10.9. The Bertz CT molecular complexity index is 1600. The van der Waals surface area contributed by atoms with Gasteiger partial charge >= 0.3 is 12.4 Å². The molecule has 1 saturated heterocycles. The fraction of sp³-hybridized carbons (Fsp3) is 0.387. The summed E-state index contributed by atoms with van der Waals surface area (Å²) in [6.45, 7) is 7.82. The lowest BCUT2D eigenvalue weighted by atomic mass is 10.0. The molecule has 0 bridgehead atoms. The van der Waals surface area contributed by atoms with E-state index in [2.05, 4.69) is 25.2 Å².